The first-order valence-corrected chi connectivity index (χ1v) is 9.03. The van der Waals surface area contributed by atoms with Crippen molar-refractivity contribution in [3.05, 3.63) is 60.2 Å². The average Bonchev–Trinajstić information content (AvgIpc) is 3.02. The molecule has 2 bridgehead atoms. The second kappa shape index (κ2) is 5.10. The molecule has 2 aliphatic rings. The highest BCUT2D eigenvalue weighted by molar-refractivity contribution is 6.01. The summed E-state index contributed by atoms with van der Waals surface area (Å²) >= 11 is 0. The van der Waals surface area contributed by atoms with Crippen LogP contribution in [0, 0.1) is 5.41 Å². The molecule has 5 heteroatoms. The first-order chi connectivity index (χ1) is 12.5. The van der Waals surface area contributed by atoms with Crippen LogP contribution in [-0.2, 0) is 10.2 Å². The van der Waals surface area contributed by atoms with E-state index in [1.165, 1.54) is 0 Å². The number of fused-ring (bicyclic) bond motifs is 6. The van der Waals surface area contributed by atoms with Gasteiger partial charge >= 0.3 is 0 Å². The van der Waals surface area contributed by atoms with Crippen LogP contribution in [0.15, 0.2) is 48.8 Å². The number of hydrogen-bond acceptors (Lipinski definition) is 4. The number of aromatic nitrogens is 3. The molecule has 5 nitrogen and oxygen atoms in total. The van der Waals surface area contributed by atoms with Crippen molar-refractivity contribution >= 4 is 22.6 Å². The highest BCUT2D eigenvalue weighted by Gasteiger charge is 2.67. The number of nitrogens with one attached hydrogen (secondary N) is 1. The summed E-state index contributed by atoms with van der Waals surface area (Å²) in [6, 6.07) is 11.5. The Hall–Kier alpha value is -2.82. The van der Waals surface area contributed by atoms with Gasteiger partial charge in [-0.15, -0.1) is 0 Å². The summed E-state index contributed by atoms with van der Waals surface area (Å²) < 4.78 is 0. The standard InChI is InChI=1S/C21H20N4O/c1-20(2)14-7-10-21(20,19(26)23-13-8-11-22-12-9-13)18-17(14)24-15-5-3-4-6-16(15)25-18/h3-6,8-9,11-12,14H,7,10H2,1-2H3,(H,22,23,26). The van der Waals surface area contributed by atoms with Crippen LogP contribution in [0.25, 0.3) is 11.0 Å². The fraction of sp³-hybridized carbons (Fsp3) is 0.333. The molecule has 26 heavy (non-hydrogen) atoms. The maximum atomic E-state index is 13.5. The van der Waals surface area contributed by atoms with Crippen LogP contribution < -0.4 is 5.32 Å². The lowest BCUT2D eigenvalue weighted by Crippen LogP contribution is -2.46. The minimum absolute atomic E-state index is 0.0135. The molecule has 5 rings (SSSR count). The number of carbonyl (C=O) groups is 1. The van der Waals surface area contributed by atoms with E-state index in [-0.39, 0.29) is 17.2 Å². The van der Waals surface area contributed by atoms with Crippen molar-refractivity contribution in [1.82, 2.24) is 15.0 Å². The van der Waals surface area contributed by atoms with E-state index in [9.17, 15) is 4.79 Å². The molecule has 2 heterocycles. The highest BCUT2D eigenvalue weighted by Crippen LogP contribution is 2.67. The van der Waals surface area contributed by atoms with Crippen LogP contribution in [0.5, 0.6) is 0 Å². The molecular weight excluding hydrogens is 324 g/mol. The molecule has 0 saturated heterocycles. The monoisotopic (exact) mass is 344 g/mol. The molecule has 2 atom stereocenters. The van der Waals surface area contributed by atoms with Crippen LogP contribution in [0.2, 0.25) is 0 Å². The number of anilines is 1. The van der Waals surface area contributed by atoms with Crippen molar-refractivity contribution in [2.45, 2.75) is 38.0 Å². The molecule has 0 spiro atoms. The molecule has 0 aliphatic heterocycles. The molecule has 130 valence electrons. The van der Waals surface area contributed by atoms with Crippen molar-refractivity contribution in [2.75, 3.05) is 5.32 Å². The van der Waals surface area contributed by atoms with Crippen LogP contribution in [0.3, 0.4) is 0 Å². The van der Waals surface area contributed by atoms with E-state index < -0.39 is 5.41 Å². The normalized spacial score (nSPS) is 25.2. The molecule has 2 unspecified atom stereocenters. The third kappa shape index (κ3) is 1.80. The first-order valence-electron chi connectivity index (χ1n) is 9.03. The molecule has 2 aliphatic carbocycles. The van der Waals surface area contributed by atoms with E-state index in [0.717, 1.165) is 41.0 Å². The largest absolute Gasteiger partial charge is 0.325 e. The van der Waals surface area contributed by atoms with Gasteiger partial charge in [0.15, 0.2) is 0 Å². The van der Waals surface area contributed by atoms with Crippen molar-refractivity contribution in [1.29, 1.82) is 0 Å². The second-order valence-electron chi connectivity index (χ2n) is 7.85. The fourth-order valence-electron chi connectivity index (χ4n) is 5.00. The summed E-state index contributed by atoms with van der Waals surface area (Å²) in [6.45, 7) is 4.37. The second-order valence-corrected chi connectivity index (χ2v) is 7.85. The number of nitrogens with zero attached hydrogens (tertiary/aromatic N) is 3. The summed E-state index contributed by atoms with van der Waals surface area (Å²) in [4.78, 5) is 27.4. The Morgan fingerprint density at radius 3 is 2.50 bits per heavy atom. The Morgan fingerprint density at radius 1 is 1.08 bits per heavy atom. The topological polar surface area (TPSA) is 67.8 Å². The molecule has 1 saturated carbocycles. The van der Waals surface area contributed by atoms with Gasteiger partial charge in [0, 0.05) is 24.0 Å². The van der Waals surface area contributed by atoms with Crippen molar-refractivity contribution in [3.63, 3.8) is 0 Å². The maximum Gasteiger partial charge on any atom is 0.237 e. The van der Waals surface area contributed by atoms with E-state index in [1.807, 2.05) is 36.4 Å². The van der Waals surface area contributed by atoms with Gasteiger partial charge in [0.2, 0.25) is 5.91 Å². The third-order valence-corrected chi connectivity index (χ3v) is 6.44. The van der Waals surface area contributed by atoms with Gasteiger partial charge in [-0.2, -0.15) is 0 Å². The average molecular weight is 344 g/mol. The smallest absolute Gasteiger partial charge is 0.237 e. The highest BCUT2D eigenvalue weighted by atomic mass is 16.2. The number of hydrogen-bond donors (Lipinski definition) is 1. The Kier molecular flexibility index (Phi) is 3.03. The van der Waals surface area contributed by atoms with Gasteiger partial charge in [0.1, 0.15) is 0 Å². The molecule has 3 aromatic rings. The summed E-state index contributed by atoms with van der Waals surface area (Å²) in [7, 11) is 0. The molecule has 1 fully saturated rings. The van der Waals surface area contributed by atoms with E-state index >= 15 is 0 Å². The number of benzene rings is 1. The van der Waals surface area contributed by atoms with Crippen molar-refractivity contribution < 1.29 is 4.79 Å². The van der Waals surface area contributed by atoms with Crippen LogP contribution in [-0.4, -0.2) is 20.9 Å². The van der Waals surface area contributed by atoms with Gasteiger partial charge < -0.3 is 5.32 Å². The molecule has 0 radical (unpaired) electrons. The minimum atomic E-state index is -0.646. The van der Waals surface area contributed by atoms with Crippen LogP contribution in [0.1, 0.15) is 44.0 Å². The number of carbonyl (C=O) groups excluding carboxylic acids is 1. The predicted octanol–water partition coefficient (Wildman–Crippen LogP) is 3.82. The van der Waals surface area contributed by atoms with Gasteiger partial charge in [-0.05, 0) is 42.5 Å². The summed E-state index contributed by atoms with van der Waals surface area (Å²) in [5, 5.41) is 3.10. The zero-order valence-corrected chi connectivity index (χ0v) is 14.9. The Labute approximate surface area is 151 Å². The van der Waals surface area contributed by atoms with E-state index in [1.54, 1.807) is 12.4 Å². The summed E-state index contributed by atoms with van der Waals surface area (Å²) in [5.74, 6) is 0.275. The Morgan fingerprint density at radius 2 is 1.77 bits per heavy atom. The van der Waals surface area contributed by atoms with Crippen molar-refractivity contribution in [3.8, 4) is 0 Å². The fourth-order valence-corrected chi connectivity index (χ4v) is 5.00. The van der Waals surface area contributed by atoms with Crippen LogP contribution >= 0.6 is 0 Å². The Balaban J connectivity index is 1.68. The predicted molar refractivity (Wildman–Crippen MR) is 99.8 cm³/mol. The molecule has 1 aromatic carbocycles. The minimum Gasteiger partial charge on any atom is -0.325 e. The lowest BCUT2D eigenvalue weighted by atomic mass is 9.67. The van der Waals surface area contributed by atoms with E-state index in [4.69, 9.17) is 9.97 Å². The van der Waals surface area contributed by atoms with Gasteiger partial charge in [0.05, 0.1) is 27.8 Å². The SMILES string of the molecule is CC1(C)C2CCC1(C(=O)Nc1ccncc1)c1nc3ccccc3nc12. The molecule has 1 amide bonds. The van der Waals surface area contributed by atoms with E-state index in [2.05, 4.69) is 24.1 Å². The first kappa shape index (κ1) is 15.4. The summed E-state index contributed by atoms with van der Waals surface area (Å²) in [6.07, 6.45) is 5.15. The summed E-state index contributed by atoms with van der Waals surface area (Å²) in [5.41, 5.74) is 3.52. The van der Waals surface area contributed by atoms with Gasteiger partial charge in [-0.1, -0.05) is 26.0 Å². The zero-order chi connectivity index (χ0) is 17.9. The number of pyridine rings is 1. The third-order valence-electron chi connectivity index (χ3n) is 6.44. The number of amides is 1. The lowest BCUT2D eigenvalue weighted by molar-refractivity contribution is -0.124. The Bertz CT molecular complexity index is 1030. The quantitative estimate of drug-likeness (QED) is 0.767. The maximum absolute atomic E-state index is 13.5. The van der Waals surface area contributed by atoms with Crippen molar-refractivity contribution in [2.24, 2.45) is 5.41 Å². The lowest BCUT2D eigenvalue weighted by Gasteiger charge is -2.36. The number of rotatable bonds is 2. The zero-order valence-electron chi connectivity index (χ0n) is 14.9. The van der Waals surface area contributed by atoms with Gasteiger partial charge in [-0.3, -0.25) is 9.78 Å². The van der Waals surface area contributed by atoms with Crippen LogP contribution in [0.4, 0.5) is 5.69 Å². The molecular formula is C21H20N4O. The van der Waals surface area contributed by atoms with E-state index in [0.29, 0.717) is 0 Å². The molecule has 1 N–H and O–H groups in total. The number of para-hydroxylation sites is 2. The molecule has 2 aromatic heterocycles. The van der Waals surface area contributed by atoms with Gasteiger partial charge in [0.25, 0.3) is 0 Å². The van der Waals surface area contributed by atoms with Gasteiger partial charge in [-0.25, -0.2) is 9.97 Å².